The van der Waals surface area contributed by atoms with Gasteiger partial charge in [-0.1, -0.05) is 311 Å². The lowest BCUT2D eigenvalue weighted by atomic mass is 9.99. The van der Waals surface area contributed by atoms with Gasteiger partial charge >= 0.3 is 39.5 Å². The smallest absolute Gasteiger partial charge is 0.462 e. The standard InChI is InChI=1S/C71H138O17P2/c1-7-10-12-14-15-16-17-18-19-20-21-22-25-32-37-43-49-55-71(76)88-67(60-82-69(74)54-48-42-36-31-26-23-24-29-34-40-45-51-63(4)5)62-86-90(79,80)84-58-65(72)57-83-89(77,78)85-61-66(59-81-68(73)53-47-39-13-11-8-2)87-70(75)56-50-44-38-33-28-27-30-35-41-46-52-64(6)9-3/h63-67,72H,7-62H2,1-6H3,(H,77,78)(H,79,80)/t64?,65-,66+,67+/m0/s1. The fraction of sp³-hybridized carbons (Fsp3) is 0.944. The van der Waals surface area contributed by atoms with Crippen molar-refractivity contribution in [3.8, 4) is 0 Å². The topological polar surface area (TPSA) is 237 Å². The molecule has 90 heavy (non-hydrogen) atoms. The largest absolute Gasteiger partial charge is 0.472 e. The fourth-order valence-corrected chi connectivity index (χ4v) is 12.3. The van der Waals surface area contributed by atoms with Gasteiger partial charge in [-0.15, -0.1) is 0 Å². The van der Waals surface area contributed by atoms with Gasteiger partial charge in [0.25, 0.3) is 0 Å². The second kappa shape index (κ2) is 63.1. The maximum absolute atomic E-state index is 13.0. The predicted octanol–water partition coefficient (Wildman–Crippen LogP) is 20.4. The summed E-state index contributed by atoms with van der Waals surface area (Å²) in [5, 5.41) is 10.6. The maximum Gasteiger partial charge on any atom is 0.472 e. The fourth-order valence-electron chi connectivity index (χ4n) is 10.7. The third-order valence-corrected chi connectivity index (χ3v) is 18.7. The molecular formula is C71H138O17P2. The molecule has 0 aliphatic heterocycles. The molecule has 0 rings (SSSR count). The Bertz CT molecular complexity index is 1750. The third-order valence-electron chi connectivity index (χ3n) is 16.8. The molecular weight excluding hydrogens is 1190 g/mol. The Kier molecular flexibility index (Phi) is 61.8. The molecule has 0 amide bonds. The van der Waals surface area contributed by atoms with Gasteiger partial charge in [0.05, 0.1) is 26.4 Å². The molecule has 0 saturated carbocycles. The summed E-state index contributed by atoms with van der Waals surface area (Å²) in [4.78, 5) is 72.3. The number of rotatable bonds is 70. The van der Waals surface area contributed by atoms with Crippen LogP contribution in [0.2, 0.25) is 0 Å². The van der Waals surface area contributed by atoms with E-state index in [1.165, 1.54) is 173 Å². The Morgan fingerprint density at radius 2 is 0.567 bits per heavy atom. The van der Waals surface area contributed by atoms with Crippen LogP contribution >= 0.6 is 15.6 Å². The molecule has 0 spiro atoms. The number of carbonyl (C=O) groups excluding carboxylic acids is 4. The molecule has 0 radical (unpaired) electrons. The Morgan fingerprint density at radius 3 is 0.844 bits per heavy atom. The molecule has 0 bridgehead atoms. The summed E-state index contributed by atoms with van der Waals surface area (Å²) < 4.78 is 68.1. The minimum absolute atomic E-state index is 0.105. The van der Waals surface area contributed by atoms with E-state index in [9.17, 15) is 43.2 Å². The van der Waals surface area contributed by atoms with E-state index in [-0.39, 0.29) is 25.7 Å². The van der Waals surface area contributed by atoms with Crippen LogP contribution in [-0.2, 0) is 65.4 Å². The molecule has 0 fully saturated rings. The van der Waals surface area contributed by atoms with E-state index in [0.29, 0.717) is 25.7 Å². The number of hydrogen-bond acceptors (Lipinski definition) is 15. The zero-order valence-corrected chi connectivity index (χ0v) is 60.2. The zero-order chi connectivity index (χ0) is 66.5. The van der Waals surface area contributed by atoms with Crippen molar-refractivity contribution < 1.29 is 80.2 Å². The summed E-state index contributed by atoms with van der Waals surface area (Å²) in [6.45, 7) is 9.50. The number of esters is 4. The van der Waals surface area contributed by atoms with Gasteiger partial charge in [-0.25, -0.2) is 9.13 Å². The number of hydrogen-bond donors (Lipinski definition) is 3. The number of carbonyl (C=O) groups is 4. The van der Waals surface area contributed by atoms with E-state index in [4.69, 9.17) is 37.0 Å². The van der Waals surface area contributed by atoms with E-state index in [0.717, 1.165) is 108 Å². The molecule has 0 aromatic rings. The van der Waals surface area contributed by atoms with Crippen LogP contribution in [0.25, 0.3) is 0 Å². The second-order valence-corrected chi connectivity index (χ2v) is 29.3. The van der Waals surface area contributed by atoms with Crippen LogP contribution in [0.1, 0.15) is 363 Å². The van der Waals surface area contributed by atoms with Crippen LogP contribution in [0.3, 0.4) is 0 Å². The van der Waals surface area contributed by atoms with E-state index in [2.05, 4.69) is 41.5 Å². The summed E-state index contributed by atoms with van der Waals surface area (Å²) in [5.74, 6) is -0.558. The van der Waals surface area contributed by atoms with Gasteiger partial charge in [0.2, 0.25) is 0 Å². The zero-order valence-electron chi connectivity index (χ0n) is 58.4. The minimum atomic E-state index is -4.95. The molecule has 17 nitrogen and oxygen atoms in total. The highest BCUT2D eigenvalue weighted by molar-refractivity contribution is 7.47. The van der Waals surface area contributed by atoms with Crippen LogP contribution < -0.4 is 0 Å². The van der Waals surface area contributed by atoms with Gasteiger partial charge in [0.15, 0.2) is 12.2 Å². The van der Waals surface area contributed by atoms with Crippen molar-refractivity contribution in [1.29, 1.82) is 0 Å². The Morgan fingerprint density at radius 1 is 0.322 bits per heavy atom. The number of unbranched alkanes of at least 4 members (excludes halogenated alkanes) is 39. The SMILES string of the molecule is CCCCCCCCCCCCCCCCCCCC(=O)O[C@H](COC(=O)CCCCCCCCCCCCCC(C)C)COP(=O)(O)OC[C@@H](O)COP(=O)(O)OC[C@@H](COC(=O)CCCCCCC)OC(=O)CCCCCCCCCCCCC(C)CC. The third kappa shape index (κ3) is 63.5. The lowest BCUT2D eigenvalue weighted by molar-refractivity contribution is -0.161. The lowest BCUT2D eigenvalue weighted by Crippen LogP contribution is -2.30. The van der Waals surface area contributed by atoms with Gasteiger partial charge in [0.1, 0.15) is 19.3 Å². The maximum atomic E-state index is 13.0. The van der Waals surface area contributed by atoms with Crippen molar-refractivity contribution in [3.63, 3.8) is 0 Å². The molecule has 0 aromatic heterocycles. The summed E-state index contributed by atoms with van der Waals surface area (Å²) in [5.41, 5.74) is 0. The van der Waals surface area contributed by atoms with E-state index in [1.54, 1.807) is 0 Å². The van der Waals surface area contributed by atoms with Gasteiger partial charge < -0.3 is 33.8 Å². The van der Waals surface area contributed by atoms with Crippen LogP contribution in [-0.4, -0.2) is 96.7 Å². The van der Waals surface area contributed by atoms with E-state index >= 15 is 0 Å². The summed E-state index contributed by atoms with van der Waals surface area (Å²) in [7, 11) is -9.89. The molecule has 3 unspecified atom stereocenters. The Hall–Kier alpha value is -1.94. The van der Waals surface area contributed by atoms with E-state index in [1.807, 2.05) is 0 Å². The highest BCUT2D eigenvalue weighted by Gasteiger charge is 2.30. The first kappa shape index (κ1) is 88.1. The average Bonchev–Trinajstić information content (AvgIpc) is 3.06. The number of ether oxygens (including phenoxy) is 4. The number of phosphoric acid groups is 2. The Labute approximate surface area is 549 Å². The molecule has 0 aliphatic rings. The van der Waals surface area contributed by atoms with Gasteiger partial charge in [-0.2, -0.15) is 0 Å². The van der Waals surface area contributed by atoms with Crippen molar-refractivity contribution in [2.24, 2.45) is 11.8 Å². The summed E-state index contributed by atoms with van der Waals surface area (Å²) in [6, 6.07) is 0. The van der Waals surface area contributed by atoms with Crippen molar-refractivity contribution in [3.05, 3.63) is 0 Å². The summed E-state index contributed by atoms with van der Waals surface area (Å²) in [6.07, 6.45) is 48.8. The first-order chi connectivity index (χ1) is 43.4. The molecule has 19 heteroatoms. The quantitative estimate of drug-likeness (QED) is 0.0222. The monoisotopic (exact) mass is 1320 g/mol. The first-order valence-electron chi connectivity index (χ1n) is 37.0. The highest BCUT2D eigenvalue weighted by Crippen LogP contribution is 2.45. The van der Waals surface area contributed by atoms with Crippen LogP contribution in [0.5, 0.6) is 0 Å². The predicted molar refractivity (Wildman–Crippen MR) is 363 cm³/mol. The van der Waals surface area contributed by atoms with E-state index < -0.39 is 97.5 Å². The Balaban J connectivity index is 5.16. The van der Waals surface area contributed by atoms with Crippen LogP contribution in [0, 0.1) is 11.8 Å². The van der Waals surface area contributed by atoms with Gasteiger partial charge in [-0.3, -0.25) is 37.3 Å². The van der Waals surface area contributed by atoms with Crippen LogP contribution in [0.15, 0.2) is 0 Å². The molecule has 0 saturated heterocycles. The van der Waals surface area contributed by atoms with Crippen molar-refractivity contribution >= 4 is 39.5 Å². The first-order valence-corrected chi connectivity index (χ1v) is 40.0. The van der Waals surface area contributed by atoms with Gasteiger partial charge in [0, 0.05) is 25.7 Å². The molecule has 0 heterocycles. The van der Waals surface area contributed by atoms with Crippen molar-refractivity contribution in [1.82, 2.24) is 0 Å². The average molecular weight is 1330 g/mol. The minimum Gasteiger partial charge on any atom is -0.462 e. The number of aliphatic hydroxyl groups is 1. The van der Waals surface area contributed by atoms with Crippen molar-refractivity contribution in [2.45, 2.75) is 381 Å². The molecule has 0 aromatic carbocycles. The van der Waals surface area contributed by atoms with Crippen LogP contribution in [0.4, 0.5) is 0 Å². The van der Waals surface area contributed by atoms with Gasteiger partial charge in [-0.05, 0) is 37.5 Å². The molecule has 534 valence electrons. The van der Waals surface area contributed by atoms with Crippen molar-refractivity contribution in [2.75, 3.05) is 39.6 Å². The molecule has 0 aliphatic carbocycles. The second-order valence-electron chi connectivity index (χ2n) is 26.3. The highest BCUT2D eigenvalue weighted by atomic mass is 31.2. The molecule has 3 N–H and O–H groups in total. The lowest BCUT2D eigenvalue weighted by Gasteiger charge is -2.21. The molecule has 6 atom stereocenters. The summed E-state index contributed by atoms with van der Waals surface area (Å²) >= 11 is 0. The normalized spacial score (nSPS) is 14.4. The number of phosphoric ester groups is 2. The number of aliphatic hydroxyl groups excluding tert-OH is 1.